The molecule has 3 aromatic heterocycles. The Morgan fingerprint density at radius 2 is 1.38 bits per heavy atom. The standard InChI is InChI=1S/C26H29BrF2N2S3/c1-3-5-7-9-11-16-15-19(33-26(16)27)21-23(29)22(28)20(24-25(21)31-34-30-24)18-14-13-17(32-18)12-10-8-6-4-2/h13-15H,3-12H2,1-2H3. The molecule has 0 unspecified atom stereocenters. The lowest BCUT2D eigenvalue weighted by atomic mass is 10.0. The van der Waals surface area contributed by atoms with Crippen molar-refractivity contribution in [1.29, 1.82) is 0 Å². The number of thiophene rings is 2. The van der Waals surface area contributed by atoms with Crippen LogP contribution < -0.4 is 0 Å². The number of fused-ring (bicyclic) bond motifs is 1. The number of hydrogen-bond acceptors (Lipinski definition) is 5. The predicted molar refractivity (Wildman–Crippen MR) is 147 cm³/mol. The number of hydrogen-bond donors (Lipinski definition) is 0. The number of rotatable bonds is 12. The Balaban J connectivity index is 1.67. The Bertz CT molecular complexity index is 1240. The second-order valence-corrected chi connectivity index (χ2v) is 12.7. The Hall–Kier alpha value is -1.22. The van der Waals surface area contributed by atoms with Crippen LogP contribution in [0.5, 0.6) is 0 Å². The quantitative estimate of drug-likeness (QED) is 0.155. The molecule has 0 spiro atoms. The number of aryl methyl sites for hydroxylation is 2. The highest BCUT2D eigenvalue weighted by Crippen LogP contribution is 2.45. The van der Waals surface area contributed by atoms with Gasteiger partial charge in [0.2, 0.25) is 0 Å². The summed E-state index contributed by atoms with van der Waals surface area (Å²) in [6.45, 7) is 4.39. The first kappa shape index (κ1) is 25.9. The van der Waals surface area contributed by atoms with E-state index in [1.807, 2.05) is 18.2 Å². The molecule has 0 saturated carbocycles. The highest BCUT2D eigenvalue weighted by atomic mass is 79.9. The second kappa shape index (κ2) is 12.2. The summed E-state index contributed by atoms with van der Waals surface area (Å²) in [6, 6.07) is 5.91. The Labute approximate surface area is 220 Å². The minimum absolute atomic E-state index is 0.229. The number of aromatic nitrogens is 2. The van der Waals surface area contributed by atoms with Crippen LogP contribution in [0.4, 0.5) is 8.78 Å². The normalized spacial score (nSPS) is 11.7. The van der Waals surface area contributed by atoms with E-state index in [9.17, 15) is 0 Å². The Morgan fingerprint density at radius 1 is 0.765 bits per heavy atom. The van der Waals surface area contributed by atoms with Gasteiger partial charge in [-0.05, 0) is 65.4 Å². The van der Waals surface area contributed by atoms with Crippen molar-refractivity contribution in [2.45, 2.75) is 78.1 Å². The first-order chi connectivity index (χ1) is 16.5. The lowest BCUT2D eigenvalue weighted by Crippen LogP contribution is -1.95. The van der Waals surface area contributed by atoms with Crippen molar-refractivity contribution in [3.8, 4) is 20.9 Å². The van der Waals surface area contributed by atoms with Gasteiger partial charge in [0.25, 0.3) is 0 Å². The largest absolute Gasteiger partial charge is 0.203 e. The second-order valence-electron chi connectivity index (χ2n) is 8.64. The summed E-state index contributed by atoms with van der Waals surface area (Å²) >= 11 is 7.62. The zero-order valence-corrected chi connectivity index (χ0v) is 23.6. The molecule has 0 aliphatic rings. The average molecular weight is 584 g/mol. The van der Waals surface area contributed by atoms with E-state index in [0.717, 1.165) is 51.6 Å². The van der Waals surface area contributed by atoms with Crippen LogP contribution in [0.2, 0.25) is 0 Å². The van der Waals surface area contributed by atoms with Crippen LogP contribution in [0.25, 0.3) is 31.9 Å². The minimum atomic E-state index is -0.834. The van der Waals surface area contributed by atoms with Crippen LogP contribution in [0.1, 0.15) is 75.7 Å². The molecule has 8 heteroatoms. The van der Waals surface area contributed by atoms with Gasteiger partial charge in [0.15, 0.2) is 11.6 Å². The van der Waals surface area contributed by atoms with E-state index < -0.39 is 11.6 Å². The molecule has 2 nitrogen and oxygen atoms in total. The van der Waals surface area contributed by atoms with Gasteiger partial charge in [-0.25, -0.2) is 8.78 Å². The zero-order chi connectivity index (χ0) is 24.1. The number of nitrogens with zero attached hydrogens (tertiary/aromatic N) is 2. The fraction of sp³-hybridized carbons (Fsp3) is 0.462. The van der Waals surface area contributed by atoms with Gasteiger partial charge >= 0.3 is 0 Å². The molecule has 1 aromatic carbocycles. The molecule has 0 atom stereocenters. The van der Waals surface area contributed by atoms with Gasteiger partial charge < -0.3 is 0 Å². The summed E-state index contributed by atoms with van der Waals surface area (Å²) in [6.07, 6.45) is 11.3. The third-order valence-corrected chi connectivity index (χ3v) is 9.75. The number of halogens is 3. The van der Waals surface area contributed by atoms with Crippen molar-refractivity contribution in [3.63, 3.8) is 0 Å². The van der Waals surface area contributed by atoms with Crippen LogP contribution in [0.3, 0.4) is 0 Å². The molecule has 0 radical (unpaired) electrons. The van der Waals surface area contributed by atoms with Crippen molar-refractivity contribution in [2.75, 3.05) is 0 Å². The van der Waals surface area contributed by atoms with Gasteiger partial charge in [-0.3, -0.25) is 0 Å². The number of unbranched alkanes of at least 4 members (excludes halogenated alkanes) is 6. The lowest BCUT2D eigenvalue weighted by Gasteiger charge is -2.08. The molecule has 0 aliphatic heterocycles. The molecule has 4 rings (SSSR count). The van der Waals surface area contributed by atoms with Crippen molar-refractivity contribution < 1.29 is 8.78 Å². The average Bonchev–Trinajstić information content (AvgIpc) is 3.56. The van der Waals surface area contributed by atoms with Gasteiger partial charge in [-0.2, -0.15) is 8.75 Å². The molecule has 0 N–H and O–H groups in total. The molecule has 0 aliphatic carbocycles. The summed E-state index contributed by atoms with van der Waals surface area (Å²) in [7, 11) is 0. The Kier molecular flexibility index (Phi) is 9.24. The van der Waals surface area contributed by atoms with Crippen LogP contribution in [-0.4, -0.2) is 8.75 Å². The predicted octanol–water partition coefficient (Wildman–Crippen LogP) is 10.4. The minimum Gasteiger partial charge on any atom is -0.203 e. The van der Waals surface area contributed by atoms with Gasteiger partial charge in [0, 0.05) is 14.6 Å². The maximum Gasteiger partial charge on any atom is 0.170 e. The molecule has 0 amide bonds. The first-order valence-electron chi connectivity index (χ1n) is 12.1. The van der Waals surface area contributed by atoms with Crippen LogP contribution >= 0.6 is 50.3 Å². The molecule has 3 heterocycles. The molecular formula is C26H29BrF2N2S3. The van der Waals surface area contributed by atoms with Crippen LogP contribution in [-0.2, 0) is 12.8 Å². The number of benzene rings is 1. The summed E-state index contributed by atoms with van der Waals surface area (Å²) in [5, 5.41) is 0. The van der Waals surface area contributed by atoms with Crippen LogP contribution in [0, 0.1) is 11.6 Å². The topological polar surface area (TPSA) is 25.8 Å². The van der Waals surface area contributed by atoms with E-state index >= 15 is 8.78 Å². The molecular weight excluding hydrogens is 554 g/mol. The highest BCUT2D eigenvalue weighted by molar-refractivity contribution is 9.11. The molecule has 0 fully saturated rings. The maximum atomic E-state index is 15.6. The van der Waals surface area contributed by atoms with E-state index in [1.54, 1.807) is 0 Å². The highest BCUT2D eigenvalue weighted by Gasteiger charge is 2.27. The van der Waals surface area contributed by atoms with Crippen molar-refractivity contribution in [1.82, 2.24) is 8.75 Å². The fourth-order valence-corrected chi connectivity index (χ4v) is 7.67. The summed E-state index contributed by atoms with van der Waals surface area (Å²) < 4.78 is 40.9. The third kappa shape index (κ3) is 5.61. The summed E-state index contributed by atoms with van der Waals surface area (Å²) in [5.74, 6) is -1.66. The lowest BCUT2D eigenvalue weighted by molar-refractivity contribution is 0.516. The summed E-state index contributed by atoms with van der Waals surface area (Å²) in [5.41, 5.74) is 2.51. The van der Waals surface area contributed by atoms with Gasteiger partial charge in [-0.1, -0.05) is 52.4 Å². The first-order valence-corrected chi connectivity index (χ1v) is 15.2. The fourth-order valence-electron chi connectivity index (χ4n) is 4.21. The maximum absolute atomic E-state index is 15.6. The van der Waals surface area contributed by atoms with Gasteiger partial charge in [0.1, 0.15) is 11.0 Å². The van der Waals surface area contributed by atoms with Crippen molar-refractivity contribution in [3.05, 3.63) is 44.1 Å². The molecule has 0 saturated heterocycles. The van der Waals surface area contributed by atoms with Crippen molar-refractivity contribution >= 4 is 61.4 Å². The van der Waals surface area contributed by atoms with Crippen LogP contribution in [0.15, 0.2) is 22.0 Å². The molecule has 182 valence electrons. The van der Waals surface area contributed by atoms with E-state index in [4.69, 9.17) is 0 Å². The molecule has 0 bridgehead atoms. The molecule has 34 heavy (non-hydrogen) atoms. The monoisotopic (exact) mass is 582 g/mol. The van der Waals surface area contributed by atoms with Crippen molar-refractivity contribution in [2.24, 2.45) is 0 Å². The van der Waals surface area contributed by atoms with Gasteiger partial charge in [0.05, 0.1) is 26.6 Å². The SMILES string of the molecule is CCCCCCc1ccc(-c2c(F)c(F)c(-c3cc(CCCCCC)c(Br)s3)c3nsnc23)s1. The van der Waals surface area contributed by atoms with E-state index in [0.29, 0.717) is 15.9 Å². The third-order valence-electron chi connectivity index (χ3n) is 6.08. The van der Waals surface area contributed by atoms with E-state index in [-0.39, 0.29) is 11.1 Å². The summed E-state index contributed by atoms with van der Waals surface area (Å²) in [4.78, 5) is 2.61. The van der Waals surface area contributed by atoms with E-state index in [1.165, 1.54) is 66.1 Å². The zero-order valence-electron chi connectivity index (χ0n) is 19.6. The molecule has 4 aromatic rings. The van der Waals surface area contributed by atoms with Gasteiger partial charge in [-0.15, -0.1) is 22.7 Å². The van der Waals surface area contributed by atoms with E-state index in [2.05, 4.69) is 38.5 Å². The Morgan fingerprint density at radius 3 is 2.03 bits per heavy atom. The smallest absolute Gasteiger partial charge is 0.170 e.